The minimum Gasteiger partial charge on any atom is -0.497 e. The Morgan fingerprint density at radius 1 is 1.44 bits per heavy atom. The molecule has 0 radical (unpaired) electrons. The first-order valence-electron chi connectivity index (χ1n) is 5.49. The molecule has 1 heterocycles. The summed E-state index contributed by atoms with van der Waals surface area (Å²) in [5.74, 6) is -1.52. The third-order valence-electron chi connectivity index (χ3n) is 2.70. The van der Waals surface area contributed by atoms with Crippen molar-refractivity contribution in [2.24, 2.45) is 5.92 Å². The van der Waals surface area contributed by atoms with Gasteiger partial charge in [0.25, 0.3) is 5.91 Å². The standard InChI is InChI=1S/C12H16N2O4/c1-7(12(16)17)8(2)14-11(15)10-6-9(18-3)4-5-13-10/h4-8H,1-3H3,(H,14,15)(H,16,17). The predicted molar refractivity (Wildman–Crippen MR) is 64.5 cm³/mol. The fraction of sp³-hybridized carbons (Fsp3) is 0.417. The molecule has 0 aliphatic heterocycles. The molecule has 2 atom stereocenters. The molecular formula is C12H16N2O4. The molecule has 0 spiro atoms. The van der Waals surface area contributed by atoms with E-state index in [1.54, 1.807) is 13.0 Å². The van der Waals surface area contributed by atoms with E-state index in [1.165, 1.54) is 26.3 Å². The van der Waals surface area contributed by atoms with E-state index in [1.807, 2.05) is 0 Å². The molecule has 1 aromatic heterocycles. The highest BCUT2D eigenvalue weighted by atomic mass is 16.5. The molecule has 6 heteroatoms. The predicted octanol–water partition coefficient (Wildman–Crippen LogP) is 0.929. The van der Waals surface area contributed by atoms with Crippen LogP contribution in [0.1, 0.15) is 24.3 Å². The number of pyridine rings is 1. The average molecular weight is 252 g/mol. The Bertz CT molecular complexity index is 447. The summed E-state index contributed by atoms with van der Waals surface area (Å²) in [4.78, 5) is 26.5. The van der Waals surface area contributed by atoms with E-state index in [4.69, 9.17) is 9.84 Å². The van der Waals surface area contributed by atoms with E-state index in [0.717, 1.165) is 0 Å². The fourth-order valence-corrected chi connectivity index (χ4v) is 1.28. The van der Waals surface area contributed by atoms with Crippen molar-refractivity contribution in [2.45, 2.75) is 19.9 Å². The van der Waals surface area contributed by atoms with Crippen LogP contribution in [0.2, 0.25) is 0 Å². The minimum atomic E-state index is -0.957. The lowest BCUT2D eigenvalue weighted by molar-refractivity contribution is -0.141. The van der Waals surface area contributed by atoms with E-state index in [2.05, 4.69) is 10.3 Å². The van der Waals surface area contributed by atoms with Gasteiger partial charge in [0.15, 0.2) is 0 Å². The lowest BCUT2D eigenvalue weighted by atomic mass is 10.0. The SMILES string of the molecule is COc1ccnc(C(=O)NC(C)C(C)C(=O)O)c1. The number of hydrogen-bond donors (Lipinski definition) is 2. The number of carbonyl (C=O) groups is 2. The number of hydrogen-bond acceptors (Lipinski definition) is 4. The first kappa shape index (κ1) is 14.0. The number of carbonyl (C=O) groups excluding carboxylic acids is 1. The summed E-state index contributed by atoms with van der Waals surface area (Å²) in [7, 11) is 1.49. The van der Waals surface area contributed by atoms with Crippen molar-refractivity contribution >= 4 is 11.9 Å². The summed E-state index contributed by atoms with van der Waals surface area (Å²) >= 11 is 0. The molecule has 98 valence electrons. The van der Waals surface area contributed by atoms with Crippen molar-refractivity contribution in [3.63, 3.8) is 0 Å². The minimum absolute atomic E-state index is 0.193. The Morgan fingerprint density at radius 3 is 2.67 bits per heavy atom. The molecule has 0 bridgehead atoms. The number of carboxylic acid groups (broad SMARTS) is 1. The second-order valence-electron chi connectivity index (χ2n) is 3.97. The van der Waals surface area contributed by atoms with Crippen LogP contribution in [0.15, 0.2) is 18.3 Å². The Hall–Kier alpha value is -2.11. The van der Waals surface area contributed by atoms with Crippen LogP contribution < -0.4 is 10.1 Å². The van der Waals surface area contributed by atoms with E-state index in [-0.39, 0.29) is 5.69 Å². The highest BCUT2D eigenvalue weighted by Crippen LogP contribution is 2.10. The van der Waals surface area contributed by atoms with Crippen molar-refractivity contribution in [2.75, 3.05) is 7.11 Å². The van der Waals surface area contributed by atoms with Gasteiger partial charge in [-0.25, -0.2) is 0 Å². The molecule has 0 saturated carbocycles. The van der Waals surface area contributed by atoms with Gasteiger partial charge in [-0.05, 0) is 19.9 Å². The molecule has 0 fully saturated rings. The van der Waals surface area contributed by atoms with Crippen LogP contribution in [0, 0.1) is 5.92 Å². The molecule has 2 unspecified atom stereocenters. The van der Waals surface area contributed by atoms with Gasteiger partial charge in [0.2, 0.25) is 0 Å². The van der Waals surface area contributed by atoms with E-state index in [0.29, 0.717) is 5.75 Å². The maximum atomic E-state index is 11.8. The lowest BCUT2D eigenvalue weighted by Crippen LogP contribution is -2.40. The van der Waals surface area contributed by atoms with E-state index < -0.39 is 23.8 Å². The van der Waals surface area contributed by atoms with Gasteiger partial charge in [-0.1, -0.05) is 0 Å². The number of rotatable bonds is 5. The van der Waals surface area contributed by atoms with Gasteiger partial charge in [0, 0.05) is 18.3 Å². The maximum absolute atomic E-state index is 11.8. The largest absolute Gasteiger partial charge is 0.497 e. The summed E-state index contributed by atoms with van der Waals surface area (Å²) in [6.07, 6.45) is 1.46. The van der Waals surface area contributed by atoms with Gasteiger partial charge >= 0.3 is 5.97 Å². The maximum Gasteiger partial charge on any atom is 0.308 e. The number of methoxy groups -OCH3 is 1. The topological polar surface area (TPSA) is 88.5 Å². The summed E-state index contributed by atoms with van der Waals surface area (Å²) in [6, 6.07) is 2.64. The summed E-state index contributed by atoms with van der Waals surface area (Å²) in [5, 5.41) is 11.4. The molecule has 1 rings (SSSR count). The van der Waals surface area contributed by atoms with Gasteiger partial charge in [-0.2, -0.15) is 0 Å². The van der Waals surface area contributed by atoms with Crippen molar-refractivity contribution < 1.29 is 19.4 Å². The lowest BCUT2D eigenvalue weighted by Gasteiger charge is -2.17. The van der Waals surface area contributed by atoms with Gasteiger partial charge in [-0.3, -0.25) is 14.6 Å². The van der Waals surface area contributed by atoms with Crippen LogP contribution in [0.5, 0.6) is 5.75 Å². The number of ether oxygens (including phenoxy) is 1. The number of nitrogens with one attached hydrogen (secondary N) is 1. The van der Waals surface area contributed by atoms with Crippen LogP contribution >= 0.6 is 0 Å². The zero-order valence-electron chi connectivity index (χ0n) is 10.5. The highest BCUT2D eigenvalue weighted by Gasteiger charge is 2.21. The average Bonchev–Trinajstić information content (AvgIpc) is 2.37. The number of amides is 1. The smallest absolute Gasteiger partial charge is 0.308 e. The fourth-order valence-electron chi connectivity index (χ4n) is 1.28. The van der Waals surface area contributed by atoms with Crippen LogP contribution in [0.3, 0.4) is 0 Å². The van der Waals surface area contributed by atoms with Crippen molar-refractivity contribution in [1.82, 2.24) is 10.3 Å². The van der Waals surface area contributed by atoms with Crippen molar-refractivity contribution in [3.05, 3.63) is 24.0 Å². The summed E-state index contributed by atoms with van der Waals surface area (Å²) in [6.45, 7) is 3.17. The van der Waals surface area contributed by atoms with Gasteiger partial charge in [0.1, 0.15) is 11.4 Å². The van der Waals surface area contributed by atoms with Gasteiger partial charge < -0.3 is 15.2 Å². The van der Waals surface area contributed by atoms with E-state index >= 15 is 0 Å². The number of carboxylic acids is 1. The molecule has 0 aliphatic carbocycles. The zero-order chi connectivity index (χ0) is 13.7. The van der Waals surface area contributed by atoms with Crippen LogP contribution in [0.4, 0.5) is 0 Å². The van der Waals surface area contributed by atoms with Crippen LogP contribution in [-0.2, 0) is 4.79 Å². The summed E-state index contributed by atoms with van der Waals surface area (Å²) in [5.41, 5.74) is 0.193. The molecule has 6 nitrogen and oxygen atoms in total. The van der Waals surface area contributed by atoms with Gasteiger partial charge in [0.05, 0.1) is 13.0 Å². The monoisotopic (exact) mass is 252 g/mol. The molecule has 0 aromatic carbocycles. The Morgan fingerprint density at radius 2 is 2.11 bits per heavy atom. The van der Waals surface area contributed by atoms with E-state index in [9.17, 15) is 9.59 Å². The van der Waals surface area contributed by atoms with Crippen molar-refractivity contribution in [3.8, 4) is 5.75 Å². The van der Waals surface area contributed by atoms with Crippen LogP contribution in [0.25, 0.3) is 0 Å². The second kappa shape index (κ2) is 6.00. The molecule has 2 N–H and O–H groups in total. The Labute approximate surface area is 105 Å². The normalized spacial score (nSPS) is 13.5. The molecule has 18 heavy (non-hydrogen) atoms. The number of aliphatic carboxylic acids is 1. The highest BCUT2D eigenvalue weighted by molar-refractivity contribution is 5.93. The third kappa shape index (κ3) is 3.44. The first-order valence-corrected chi connectivity index (χ1v) is 5.49. The molecule has 0 saturated heterocycles. The molecule has 0 aliphatic rings. The van der Waals surface area contributed by atoms with Crippen LogP contribution in [-0.4, -0.2) is 35.1 Å². The summed E-state index contributed by atoms with van der Waals surface area (Å²) < 4.78 is 4.98. The van der Waals surface area contributed by atoms with Crippen molar-refractivity contribution in [1.29, 1.82) is 0 Å². The number of aromatic nitrogens is 1. The quantitative estimate of drug-likeness (QED) is 0.813. The first-order chi connectivity index (χ1) is 8.45. The number of nitrogens with zero attached hydrogens (tertiary/aromatic N) is 1. The molecular weight excluding hydrogens is 236 g/mol. The van der Waals surface area contributed by atoms with Gasteiger partial charge in [-0.15, -0.1) is 0 Å². The Kier molecular flexibility index (Phi) is 4.65. The Balaban J connectivity index is 2.73. The zero-order valence-corrected chi connectivity index (χ0v) is 10.5. The second-order valence-corrected chi connectivity index (χ2v) is 3.97. The third-order valence-corrected chi connectivity index (χ3v) is 2.70. The molecule has 1 amide bonds. The molecule has 1 aromatic rings.